The van der Waals surface area contributed by atoms with E-state index in [4.69, 9.17) is 0 Å². The third-order valence-corrected chi connectivity index (χ3v) is 6.19. The first-order valence-electron chi connectivity index (χ1n) is 6.98. The van der Waals surface area contributed by atoms with Gasteiger partial charge in [0.15, 0.2) is 0 Å². The molecule has 7 heteroatoms. The van der Waals surface area contributed by atoms with Gasteiger partial charge in [-0.05, 0) is 42.3 Å². The molecule has 1 unspecified atom stereocenters. The van der Waals surface area contributed by atoms with Gasteiger partial charge in [-0.2, -0.15) is 0 Å². The van der Waals surface area contributed by atoms with Crippen molar-refractivity contribution in [3.63, 3.8) is 0 Å². The summed E-state index contributed by atoms with van der Waals surface area (Å²) in [7, 11) is -3.81. The van der Waals surface area contributed by atoms with E-state index in [1.165, 1.54) is 16.4 Å². The number of benzene rings is 2. The Kier molecular flexibility index (Phi) is 4.16. The number of fused-ring (bicyclic) bond motifs is 1. The predicted molar refractivity (Wildman–Crippen MR) is 89.9 cm³/mol. The maximum atomic E-state index is 12.9. The standard InChI is InChI=1S/C16H14BrNO4S/c17-13-5-7-14(8-6-13)23(21,22)18-10-12(16(19)20)9-11-3-1-2-4-15(11)18/h1-8,12H,9-10H2,(H,19,20). The smallest absolute Gasteiger partial charge is 0.308 e. The lowest BCUT2D eigenvalue weighted by atomic mass is 9.94. The van der Waals surface area contributed by atoms with Crippen molar-refractivity contribution >= 4 is 37.6 Å². The van der Waals surface area contributed by atoms with E-state index in [0.717, 1.165) is 10.0 Å². The maximum absolute atomic E-state index is 12.9. The molecule has 0 radical (unpaired) electrons. The summed E-state index contributed by atoms with van der Waals surface area (Å²) in [5.41, 5.74) is 1.28. The number of anilines is 1. The molecule has 120 valence electrons. The van der Waals surface area contributed by atoms with E-state index in [0.29, 0.717) is 12.1 Å². The Labute approximate surface area is 142 Å². The molecule has 0 fully saturated rings. The van der Waals surface area contributed by atoms with Crippen molar-refractivity contribution in [1.29, 1.82) is 0 Å². The van der Waals surface area contributed by atoms with Crippen molar-refractivity contribution in [2.75, 3.05) is 10.8 Å². The lowest BCUT2D eigenvalue weighted by Crippen LogP contribution is -2.42. The number of aliphatic carboxylic acids is 1. The van der Waals surface area contributed by atoms with Crippen molar-refractivity contribution in [2.24, 2.45) is 5.92 Å². The quantitative estimate of drug-likeness (QED) is 0.866. The molecule has 1 atom stereocenters. The molecule has 0 saturated heterocycles. The second kappa shape index (κ2) is 5.98. The number of hydrogen-bond donors (Lipinski definition) is 1. The van der Waals surface area contributed by atoms with Crippen LogP contribution in [0.2, 0.25) is 0 Å². The number of rotatable bonds is 3. The summed E-state index contributed by atoms with van der Waals surface area (Å²) in [6.45, 7) is -0.0647. The van der Waals surface area contributed by atoms with Crippen LogP contribution in [0, 0.1) is 5.92 Å². The summed E-state index contributed by atoms with van der Waals surface area (Å²) in [5.74, 6) is -1.74. The van der Waals surface area contributed by atoms with E-state index in [9.17, 15) is 18.3 Å². The molecule has 1 aliphatic heterocycles. The lowest BCUT2D eigenvalue weighted by Gasteiger charge is -2.33. The monoisotopic (exact) mass is 395 g/mol. The average molecular weight is 396 g/mol. The molecule has 2 aromatic carbocycles. The zero-order valence-corrected chi connectivity index (χ0v) is 14.4. The molecule has 1 heterocycles. The van der Waals surface area contributed by atoms with Crippen LogP contribution >= 0.6 is 15.9 Å². The lowest BCUT2D eigenvalue weighted by molar-refractivity contribution is -0.141. The third kappa shape index (κ3) is 2.98. The molecule has 2 aromatic rings. The molecule has 0 bridgehead atoms. The molecule has 1 N–H and O–H groups in total. The second-order valence-electron chi connectivity index (χ2n) is 5.36. The number of carboxylic acids is 1. The molecule has 1 aliphatic rings. The third-order valence-electron chi connectivity index (χ3n) is 3.86. The van der Waals surface area contributed by atoms with Crippen LogP contribution in [0.5, 0.6) is 0 Å². The van der Waals surface area contributed by atoms with Crippen LogP contribution in [0.15, 0.2) is 57.9 Å². The fourth-order valence-electron chi connectivity index (χ4n) is 2.68. The van der Waals surface area contributed by atoms with Crippen molar-refractivity contribution < 1.29 is 18.3 Å². The van der Waals surface area contributed by atoms with Crippen molar-refractivity contribution in [2.45, 2.75) is 11.3 Å². The summed E-state index contributed by atoms with van der Waals surface area (Å²) in [6, 6.07) is 13.3. The first kappa shape index (κ1) is 16.0. The van der Waals surface area contributed by atoms with Gasteiger partial charge in [-0.25, -0.2) is 8.42 Å². The molecule has 3 rings (SSSR count). The summed E-state index contributed by atoms with van der Waals surface area (Å²) in [5, 5.41) is 9.33. The Hall–Kier alpha value is -1.86. The highest BCUT2D eigenvalue weighted by atomic mass is 79.9. The van der Waals surface area contributed by atoms with Crippen LogP contribution in [-0.4, -0.2) is 26.0 Å². The van der Waals surface area contributed by atoms with E-state index < -0.39 is 21.9 Å². The average Bonchev–Trinajstić information content (AvgIpc) is 2.54. The molecule has 5 nitrogen and oxygen atoms in total. The van der Waals surface area contributed by atoms with E-state index in [2.05, 4.69) is 15.9 Å². The van der Waals surface area contributed by atoms with Crippen LogP contribution in [-0.2, 0) is 21.2 Å². The number of sulfonamides is 1. The second-order valence-corrected chi connectivity index (χ2v) is 8.14. The Morgan fingerprint density at radius 2 is 1.78 bits per heavy atom. The zero-order chi connectivity index (χ0) is 16.6. The fraction of sp³-hybridized carbons (Fsp3) is 0.188. The first-order chi connectivity index (χ1) is 10.9. The Bertz CT molecular complexity index is 849. The van der Waals surface area contributed by atoms with E-state index in [1.54, 1.807) is 36.4 Å². The minimum absolute atomic E-state index is 0.0647. The van der Waals surface area contributed by atoms with Gasteiger partial charge < -0.3 is 5.11 Å². The maximum Gasteiger partial charge on any atom is 0.308 e. The Morgan fingerprint density at radius 1 is 1.13 bits per heavy atom. The highest BCUT2D eigenvalue weighted by Crippen LogP contribution is 2.34. The van der Waals surface area contributed by atoms with Gasteiger partial charge in [0, 0.05) is 11.0 Å². The Morgan fingerprint density at radius 3 is 2.43 bits per heavy atom. The summed E-state index contributed by atoms with van der Waals surface area (Å²) in [6.07, 6.45) is 0.331. The van der Waals surface area contributed by atoms with E-state index >= 15 is 0 Å². The summed E-state index contributed by atoms with van der Waals surface area (Å²) in [4.78, 5) is 11.5. The molecule has 0 saturated carbocycles. The van der Waals surface area contributed by atoms with Crippen molar-refractivity contribution in [3.05, 3.63) is 58.6 Å². The summed E-state index contributed by atoms with van der Waals surface area (Å²) < 4.78 is 27.9. The fourth-order valence-corrected chi connectivity index (χ4v) is 4.49. The molecule has 0 aromatic heterocycles. The number of halogens is 1. The van der Waals surface area contributed by atoms with Crippen LogP contribution in [0.3, 0.4) is 0 Å². The zero-order valence-electron chi connectivity index (χ0n) is 12.0. The van der Waals surface area contributed by atoms with Gasteiger partial charge in [0.25, 0.3) is 10.0 Å². The van der Waals surface area contributed by atoms with Gasteiger partial charge in [-0.15, -0.1) is 0 Å². The van der Waals surface area contributed by atoms with Gasteiger partial charge in [-0.3, -0.25) is 9.10 Å². The topological polar surface area (TPSA) is 74.7 Å². The predicted octanol–water partition coefficient (Wildman–Crippen LogP) is 2.90. The van der Waals surface area contributed by atoms with Gasteiger partial charge in [0.1, 0.15) is 0 Å². The van der Waals surface area contributed by atoms with Gasteiger partial charge in [-0.1, -0.05) is 34.1 Å². The largest absolute Gasteiger partial charge is 0.481 e. The van der Waals surface area contributed by atoms with Crippen LogP contribution < -0.4 is 4.31 Å². The number of para-hydroxylation sites is 1. The normalized spacial score (nSPS) is 17.6. The molecular weight excluding hydrogens is 382 g/mol. The van der Waals surface area contributed by atoms with Gasteiger partial charge in [0.2, 0.25) is 0 Å². The highest BCUT2D eigenvalue weighted by Gasteiger charge is 2.35. The van der Waals surface area contributed by atoms with Crippen molar-refractivity contribution in [3.8, 4) is 0 Å². The SMILES string of the molecule is O=C(O)C1Cc2ccccc2N(S(=O)(=O)c2ccc(Br)cc2)C1. The number of hydrogen-bond acceptors (Lipinski definition) is 3. The first-order valence-corrected chi connectivity index (χ1v) is 9.22. The molecule has 23 heavy (non-hydrogen) atoms. The van der Waals surface area contributed by atoms with Gasteiger partial charge in [0.05, 0.1) is 16.5 Å². The summed E-state index contributed by atoms with van der Waals surface area (Å²) >= 11 is 3.28. The van der Waals surface area contributed by atoms with Crippen LogP contribution in [0.1, 0.15) is 5.56 Å². The van der Waals surface area contributed by atoms with Crippen LogP contribution in [0.4, 0.5) is 5.69 Å². The number of carboxylic acid groups (broad SMARTS) is 1. The number of nitrogens with zero attached hydrogens (tertiary/aromatic N) is 1. The van der Waals surface area contributed by atoms with Crippen molar-refractivity contribution in [1.82, 2.24) is 0 Å². The Balaban J connectivity index is 2.10. The molecule has 0 aliphatic carbocycles. The molecule has 0 spiro atoms. The molecular formula is C16H14BrNO4S. The van der Waals surface area contributed by atoms with Crippen LogP contribution in [0.25, 0.3) is 0 Å². The number of carbonyl (C=O) groups is 1. The molecule has 0 amide bonds. The van der Waals surface area contributed by atoms with Gasteiger partial charge >= 0.3 is 5.97 Å². The van der Waals surface area contributed by atoms with E-state index in [1.807, 2.05) is 0 Å². The minimum Gasteiger partial charge on any atom is -0.481 e. The van der Waals surface area contributed by atoms with E-state index in [-0.39, 0.29) is 11.4 Å². The minimum atomic E-state index is -3.81. The highest BCUT2D eigenvalue weighted by molar-refractivity contribution is 9.10.